The average molecular weight is 294 g/mol. The zero-order valence-corrected chi connectivity index (χ0v) is 13.0. The van der Waals surface area contributed by atoms with Gasteiger partial charge in [-0.1, -0.05) is 30.0 Å². The molecule has 20 heavy (non-hydrogen) atoms. The van der Waals surface area contributed by atoms with Crippen molar-refractivity contribution in [2.24, 2.45) is 4.99 Å². The molecule has 0 radical (unpaired) electrons. The minimum Gasteiger partial charge on any atom is -0.496 e. The summed E-state index contributed by atoms with van der Waals surface area (Å²) in [5.74, 6) is 0.916. The predicted molar refractivity (Wildman–Crippen MR) is 85.0 cm³/mol. The van der Waals surface area contributed by atoms with E-state index in [0.717, 1.165) is 23.9 Å². The molecule has 0 bridgehead atoms. The van der Waals surface area contributed by atoms with E-state index in [9.17, 15) is 0 Å². The molecule has 1 aliphatic heterocycles. The van der Waals surface area contributed by atoms with Gasteiger partial charge in [-0.3, -0.25) is 4.99 Å². The van der Waals surface area contributed by atoms with E-state index >= 15 is 0 Å². The van der Waals surface area contributed by atoms with Crippen molar-refractivity contribution < 1.29 is 4.74 Å². The number of hydrogen-bond acceptors (Lipinski definition) is 5. The Kier molecular flexibility index (Phi) is 5.70. The molecular formula is C14H22N4OS. The van der Waals surface area contributed by atoms with Crippen LogP contribution in [0.3, 0.4) is 0 Å². The largest absolute Gasteiger partial charge is 0.496 e. The van der Waals surface area contributed by atoms with E-state index in [1.165, 1.54) is 5.56 Å². The van der Waals surface area contributed by atoms with E-state index in [0.29, 0.717) is 0 Å². The number of methoxy groups -OCH3 is 1. The average Bonchev–Trinajstić information content (AvgIpc) is 2.95. The third-order valence-electron chi connectivity index (χ3n) is 3.21. The fourth-order valence-corrected chi connectivity index (χ4v) is 2.79. The molecule has 5 nitrogen and oxygen atoms in total. The maximum absolute atomic E-state index is 5.42. The molecule has 1 aromatic rings. The van der Waals surface area contributed by atoms with Crippen molar-refractivity contribution >= 4 is 16.9 Å². The lowest BCUT2D eigenvalue weighted by atomic mass is 10.0. The molecule has 0 aromatic heterocycles. The SMILES string of the molecule is CCN=C(NC1CC(c2ccccc2OC)NN1)SC. The van der Waals surface area contributed by atoms with Gasteiger partial charge >= 0.3 is 0 Å². The lowest BCUT2D eigenvalue weighted by Crippen LogP contribution is -2.43. The molecule has 3 N–H and O–H groups in total. The second kappa shape index (κ2) is 7.52. The van der Waals surface area contributed by atoms with Crippen LogP contribution in [0, 0.1) is 0 Å². The summed E-state index contributed by atoms with van der Waals surface area (Å²) in [5, 5.41) is 4.37. The maximum Gasteiger partial charge on any atom is 0.157 e. The Bertz CT molecular complexity index is 466. The van der Waals surface area contributed by atoms with Gasteiger partial charge in [-0.2, -0.15) is 0 Å². The number of benzene rings is 1. The van der Waals surface area contributed by atoms with E-state index in [4.69, 9.17) is 4.74 Å². The van der Waals surface area contributed by atoms with Crippen molar-refractivity contribution in [1.82, 2.24) is 16.2 Å². The van der Waals surface area contributed by atoms with Crippen LogP contribution in [-0.2, 0) is 0 Å². The van der Waals surface area contributed by atoms with Crippen LogP contribution < -0.4 is 20.9 Å². The van der Waals surface area contributed by atoms with E-state index in [2.05, 4.69) is 27.2 Å². The minimum absolute atomic E-state index is 0.169. The number of rotatable bonds is 4. The van der Waals surface area contributed by atoms with Crippen LogP contribution in [0.4, 0.5) is 0 Å². The Morgan fingerprint density at radius 1 is 1.45 bits per heavy atom. The van der Waals surface area contributed by atoms with Gasteiger partial charge in [-0.05, 0) is 19.2 Å². The Morgan fingerprint density at radius 3 is 2.95 bits per heavy atom. The summed E-state index contributed by atoms with van der Waals surface area (Å²) in [4.78, 5) is 4.41. The molecule has 0 amide bonds. The van der Waals surface area contributed by atoms with Gasteiger partial charge in [0.15, 0.2) is 5.17 Å². The van der Waals surface area contributed by atoms with Crippen LogP contribution in [0.25, 0.3) is 0 Å². The quantitative estimate of drug-likeness (QED) is 0.585. The summed E-state index contributed by atoms with van der Waals surface area (Å²) in [6.07, 6.45) is 3.13. The van der Waals surface area contributed by atoms with Gasteiger partial charge in [0.2, 0.25) is 0 Å². The van der Waals surface area contributed by atoms with E-state index in [1.54, 1.807) is 18.9 Å². The molecule has 6 heteroatoms. The molecule has 0 aliphatic carbocycles. The van der Waals surface area contributed by atoms with Gasteiger partial charge in [-0.25, -0.2) is 10.9 Å². The fourth-order valence-electron chi connectivity index (χ4n) is 2.27. The van der Waals surface area contributed by atoms with Crippen LogP contribution in [0.15, 0.2) is 29.3 Å². The zero-order chi connectivity index (χ0) is 14.4. The lowest BCUT2D eigenvalue weighted by Gasteiger charge is -2.15. The molecule has 0 saturated carbocycles. The number of amidine groups is 1. The first kappa shape index (κ1) is 15.2. The topological polar surface area (TPSA) is 57.7 Å². The van der Waals surface area contributed by atoms with E-state index < -0.39 is 0 Å². The highest BCUT2D eigenvalue weighted by Crippen LogP contribution is 2.29. The third-order valence-corrected chi connectivity index (χ3v) is 3.84. The molecule has 1 fully saturated rings. The van der Waals surface area contributed by atoms with E-state index in [-0.39, 0.29) is 12.2 Å². The second-order valence-electron chi connectivity index (χ2n) is 4.50. The Hall–Kier alpha value is -1.24. The molecule has 1 saturated heterocycles. The van der Waals surface area contributed by atoms with Crippen molar-refractivity contribution in [3.63, 3.8) is 0 Å². The van der Waals surface area contributed by atoms with Gasteiger partial charge < -0.3 is 10.1 Å². The van der Waals surface area contributed by atoms with Crippen molar-refractivity contribution in [2.45, 2.75) is 25.6 Å². The molecular weight excluding hydrogens is 272 g/mol. The number of hydrogen-bond donors (Lipinski definition) is 3. The molecule has 1 aliphatic rings. The predicted octanol–water partition coefficient (Wildman–Crippen LogP) is 1.89. The van der Waals surface area contributed by atoms with Crippen LogP contribution in [0.5, 0.6) is 5.75 Å². The summed E-state index contributed by atoms with van der Waals surface area (Å²) in [6, 6.07) is 8.33. The molecule has 110 valence electrons. The highest BCUT2D eigenvalue weighted by Gasteiger charge is 2.27. The first-order chi connectivity index (χ1) is 9.78. The number of thioether (sulfide) groups is 1. The summed E-state index contributed by atoms with van der Waals surface area (Å²) in [6.45, 7) is 2.83. The normalized spacial score (nSPS) is 22.9. The minimum atomic E-state index is 0.169. The maximum atomic E-state index is 5.42. The molecule has 2 rings (SSSR count). The Morgan fingerprint density at radius 2 is 2.25 bits per heavy atom. The summed E-state index contributed by atoms with van der Waals surface area (Å²) in [5.41, 5.74) is 7.75. The van der Waals surface area contributed by atoms with Crippen molar-refractivity contribution in [2.75, 3.05) is 19.9 Å². The molecule has 2 atom stereocenters. The van der Waals surface area contributed by atoms with Gasteiger partial charge in [0, 0.05) is 18.5 Å². The summed E-state index contributed by atoms with van der Waals surface area (Å²) in [7, 11) is 1.71. The van der Waals surface area contributed by atoms with E-state index in [1.807, 2.05) is 31.4 Å². The summed E-state index contributed by atoms with van der Waals surface area (Å²) < 4.78 is 5.42. The fraction of sp³-hybridized carbons (Fsp3) is 0.500. The van der Waals surface area contributed by atoms with Crippen LogP contribution in [0.1, 0.15) is 24.9 Å². The summed E-state index contributed by atoms with van der Waals surface area (Å²) >= 11 is 1.63. The Labute approximate surface area is 124 Å². The second-order valence-corrected chi connectivity index (χ2v) is 5.29. The molecule has 0 spiro atoms. The number of ether oxygens (including phenoxy) is 1. The molecule has 2 unspecified atom stereocenters. The number of nitrogens with zero attached hydrogens (tertiary/aromatic N) is 1. The molecule has 1 aromatic carbocycles. The third kappa shape index (κ3) is 3.65. The first-order valence-corrected chi connectivity index (χ1v) is 7.99. The van der Waals surface area contributed by atoms with Crippen molar-refractivity contribution in [1.29, 1.82) is 0 Å². The first-order valence-electron chi connectivity index (χ1n) is 6.77. The van der Waals surface area contributed by atoms with Crippen LogP contribution >= 0.6 is 11.8 Å². The van der Waals surface area contributed by atoms with Crippen molar-refractivity contribution in [3.05, 3.63) is 29.8 Å². The van der Waals surface area contributed by atoms with Gasteiger partial charge in [-0.15, -0.1) is 0 Å². The Balaban J connectivity index is 2.00. The number of hydrazine groups is 1. The standard InChI is InChI=1S/C14H22N4OS/c1-4-15-14(20-3)16-13-9-11(17-18-13)10-7-5-6-8-12(10)19-2/h5-8,11,13,17-18H,4,9H2,1-3H3,(H,15,16). The highest BCUT2D eigenvalue weighted by atomic mass is 32.2. The monoisotopic (exact) mass is 294 g/mol. The van der Waals surface area contributed by atoms with Crippen LogP contribution in [0.2, 0.25) is 0 Å². The number of aliphatic imine (C=N–C) groups is 1. The van der Waals surface area contributed by atoms with Crippen LogP contribution in [-0.4, -0.2) is 31.2 Å². The zero-order valence-electron chi connectivity index (χ0n) is 12.1. The van der Waals surface area contributed by atoms with Gasteiger partial charge in [0.25, 0.3) is 0 Å². The van der Waals surface area contributed by atoms with Gasteiger partial charge in [0.05, 0.1) is 19.3 Å². The molecule has 1 heterocycles. The smallest absolute Gasteiger partial charge is 0.157 e. The highest BCUT2D eigenvalue weighted by molar-refractivity contribution is 8.13. The van der Waals surface area contributed by atoms with Gasteiger partial charge in [0.1, 0.15) is 5.75 Å². The number of nitrogens with one attached hydrogen (secondary N) is 3. The number of para-hydroxylation sites is 1. The lowest BCUT2D eigenvalue weighted by molar-refractivity contribution is 0.402. The van der Waals surface area contributed by atoms with Crippen molar-refractivity contribution in [3.8, 4) is 5.75 Å².